The monoisotopic (exact) mass is 323 g/mol. The van der Waals surface area contributed by atoms with E-state index in [0.29, 0.717) is 16.1 Å². The van der Waals surface area contributed by atoms with Gasteiger partial charge in [-0.1, -0.05) is 35.3 Å². The molecule has 0 heterocycles. The number of ketones is 1. The molecule has 108 valence electrons. The molecule has 0 aliphatic carbocycles. The number of aliphatic carboxylic acids is 1. The van der Waals surface area contributed by atoms with Gasteiger partial charge >= 0.3 is 5.97 Å². The van der Waals surface area contributed by atoms with Crippen LogP contribution in [-0.4, -0.2) is 16.9 Å². The van der Waals surface area contributed by atoms with E-state index in [4.69, 9.17) is 34.0 Å². The number of halogens is 2. The van der Waals surface area contributed by atoms with Gasteiger partial charge in [0.25, 0.3) is 0 Å². The fourth-order valence-electron chi connectivity index (χ4n) is 1.92. The number of hydrogen-bond donors (Lipinski definition) is 2. The lowest BCUT2D eigenvalue weighted by Crippen LogP contribution is -2.10. The number of carboxylic acids is 1. The summed E-state index contributed by atoms with van der Waals surface area (Å²) in [6, 6.07) is 9.24. The van der Waals surface area contributed by atoms with Crippen LogP contribution in [-0.2, 0) is 11.2 Å². The molecule has 0 bridgehead atoms. The van der Waals surface area contributed by atoms with Crippen LogP contribution in [0.25, 0.3) is 0 Å². The summed E-state index contributed by atoms with van der Waals surface area (Å²) in [6.07, 6.45) is -0.242. The van der Waals surface area contributed by atoms with Gasteiger partial charge in [-0.05, 0) is 29.8 Å². The number of carbonyl (C=O) groups is 2. The molecule has 0 saturated heterocycles. The molecular formula is C15H11Cl2NO3. The Labute approximate surface area is 131 Å². The molecule has 3 N–H and O–H groups in total. The molecule has 0 atom stereocenters. The Morgan fingerprint density at radius 2 is 1.81 bits per heavy atom. The number of benzene rings is 2. The van der Waals surface area contributed by atoms with E-state index < -0.39 is 5.97 Å². The first kappa shape index (κ1) is 15.4. The molecule has 0 fully saturated rings. The van der Waals surface area contributed by atoms with Crippen molar-refractivity contribution in [1.29, 1.82) is 0 Å². The largest absolute Gasteiger partial charge is 0.481 e. The van der Waals surface area contributed by atoms with Crippen LogP contribution < -0.4 is 5.73 Å². The molecule has 0 aliphatic rings. The molecular weight excluding hydrogens is 313 g/mol. The Morgan fingerprint density at radius 1 is 1.10 bits per heavy atom. The number of rotatable bonds is 4. The Bertz CT molecular complexity index is 729. The zero-order chi connectivity index (χ0) is 15.6. The molecule has 0 amide bonds. The SMILES string of the molecule is Nc1c(CC(=O)O)cccc1C(=O)c1ccc(Cl)c(Cl)c1. The minimum Gasteiger partial charge on any atom is -0.481 e. The van der Waals surface area contributed by atoms with E-state index in [0.717, 1.165) is 0 Å². The zero-order valence-electron chi connectivity index (χ0n) is 10.8. The summed E-state index contributed by atoms with van der Waals surface area (Å²) >= 11 is 11.7. The van der Waals surface area contributed by atoms with Gasteiger partial charge < -0.3 is 10.8 Å². The maximum absolute atomic E-state index is 12.4. The average molecular weight is 324 g/mol. The topological polar surface area (TPSA) is 80.4 Å². The molecule has 4 nitrogen and oxygen atoms in total. The predicted molar refractivity (Wildman–Crippen MR) is 82.1 cm³/mol. The van der Waals surface area contributed by atoms with Crippen molar-refractivity contribution < 1.29 is 14.7 Å². The van der Waals surface area contributed by atoms with Gasteiger partial charge in [-0.15, -0.1) is 0 Å². The maximum Gasteiger partial charge on any atom is 0.307 e. The van der Waals surface area contributed by atoms with Crippen LogP contribution in [0.5, 0.6) is 0 Å². The Balaban J connectivity index is 2.43. The molecule has 2 rings (SSSR count). The van der Waals surface area contributed by atoms with Crippen molar-refractivity contribution in [2.24, 2.45) is 0 Å². The van der Waals surface area contributed by atoms with Crippen LogP contribution in [0.15, 0.2) is 36.4 Å². The van der Waals surface area contributed by atoms with Gasteiger partial charge in [0, 0.05) is 16.8 Å². The van der Waals surface area contributed by atoms with Crippen LogP contribution in [0.1, 0.15) is 21.5 Å². The third-order valence-electron chi connectivity index (χ3n) is 2.96. The summed E-state index contributed by atoms with van der Waals surface area (Å²) < 4.78 is 0. The highest BCUT2D eigenvalue weighted by Gasteiger charge is 2.16. The van der Waals surface area contributed by atoms with Gasteiger partial charge in [0.1, 0.15) is 0 Å². The summed E-state index contributed by atoms with van der Waals surface area (Å²) in [6.45, 7) is 0. The average Bonchev–Trinajstić information content (AvgIpc) is 2.43. The molecule has 0 radical (unpaired) electrons. The quantitative estimate of drug-likeness (QED) is 0.667. The van der Waals surface area contributed by atoms with Crippen molar-refractivity contribution in [2.75, 3.05) is 5.73 Å². The summed E-state index contributed by atoms with van der Waals surface area (Å²) in [7, 11) is 0. The van der Waals surface area contributed by atoms with Gasteiger partial charge in [0.2, 0.25) is 0 Å². The van der Waals surface area contributed by atoms with Gasteiger partial charge in [-0.2, -0.15) is 0 Å². The third kappa shape index (κ3) is 3.35. The van der Waals surface area contributed by atoms with E-state index in [9.17, 15) is 9.59 Å². The Kier molecular flexibility index (Phi) is 4.50. The minimum absolute atomic E-state index is 0.163. The van der Waals surface area contributed by atoms with Crippen molar-refractivity contribution in [3.05, 3.63) is 63.1 Å². The lowest BCUT2D eigenvalue weighted by molar-refractivity contribution is -0.136. The summed E-state index contributed by atoms with van der Waals surface area (Å²) in [5, 5.41) is 9.45. The van der Waals surface area contributed by atoms with E-state index in [1.165, 1.54) is 12.1 Å². The number of carboxylic acid groups (broad SMARTS) is 1. The van der Waals surface area contributed by atoms with Crippen LogP contribution >= 0.6 is 23.2 Å². The standard InChI is InChI=1S/C15H11Cl2NO3/c16-11-5-4-9(6-12(11)17)15(21)10-3-1-2-8(14(10)18)7-13(19)20/h1-6H,7,18H2,(H,19,20). The van der Waals surface area contributed by atoms with E-state index in [1.807, 2.05) is 0 Å². The van der Waals surface area contributed by atoms with E-state index in [1.54, 1.807) is 24.3 Å². The Hall–Kier alpha value is -2.04. The first-order chi connectivity index (χ1) is 9.90. The number of anilines is 1. The van der Waals surface area contributed by atoms with Crippen molar-refractivity contribution in [2.45, 2.75) is 6.42 Å². The predicted octanol–water partition coefficient (Wildman–Crippen LogP) is 3.43. The van der Waals surface area contributed by atoms with Crippen LogP contribution in [0, 0.1) is 0 Å². The second-order valence-corrected chi connectivity index (χ2v) is 5.22. The molecule has 0 aliphatic heterocycles. The van der Waals surface area contributed by atoms with Crippen LogP contribution in [0.2, 0.25) is 10.0 Å². The first-order valence-electron chi connectivity index (χ1n) is 5.99. The third-order valence-corrected chi connectivity index (χ3v) is 3.70. The fraction of sp³-hybridized carbons (Fsp3) is 0.0667. The summed E-state index contributed by atoms with van der Waals surface area (Å²) in [5.41, 5.74) is 7.03. The molecule has 0 saturated carbocycles. The second kappa shape index (κ2) is 6.16. The van der Waals surface area contributed by atoms with Gasteiger partial charge in [-0.25, -0.2) is 0 Å². The molecule has 0 spiro atoms. The fourth-order valence-corrected chi connectivity index (χ4v) is 2.22. The van der Waals surface area contributed by atoms with Crippen molar-refractivity contribution in [3.8, 4) is 0 Å². The zero-order valence-corrected chi connectivity index (χ0v) is 12.3. The Morgan fingerprint density at radius 3 is 2.43 bits per heavy atom. The molecule has 6 heteroatoms. The molecule has 2 aromatic rings. The molecule has 0 unspecified atom stereocenters. The number of hydrogen-bond acceptors (Lipinski definition) is 3. The highest BCUT2D eigenvalue weighted by atomic mass is 35.5. The number of carbonyl (C=O) groups excluding carboxylic acids is 1. The van der Waals surface area contributed by atoms with Crippen molar-refractivity contribution in [3.63, 3.8) is 0 Å². The molecule has 21 heavy (non-hydrogen) atoms. The number of nitrogens with two attached hydrogens (primary N) is 1. The van der Waals surface area contributed by atoms with Crippen LogP contribution in [0.3, 0.4) is 0 Å². The van der Waals surface area contributed by atoms with E-state index >= 15 is 0 Å². The summed E-state index contributed by atoms with van der Waals surface area (Å²) in [4.78, 5) is 23.2. The molecule has 0 aromatic heterocycles. The van der Waals surface area contributed by atoms with Crippen molar-refractivity contribution >= 4 is 40.6 Å². The smallest absolute Gasteiger partial charge is 0.307 e. The lowest BCUT2D eigenvalue weighted by Gasteiger charge is -2.09. The highest BCUT2D eigenvalue weighted by Crippen LogP contribution is 2.26. The van der Waals surface area contributed by atoms with Crippen molar-refractivity contribution in [1.82, 2.24) is 0 Å². The molecule has 2 aromatic carbocycles. The minimum atomic E-state index is -1.01. The van der Waals surface area contributed by atoms with Gasteiger partial charge in [0.05, 0.1) is 16.5 Å². The van der Waals surface area contributed by atoms with E-state index in [2.05, 4.69) is 0 Å². The van der Waals surface area contributed by atoms with E-state index in [-0.39, 0.29) is 28.5 Å². The maximum atomic E-state index is 12.4. The van der Waals surface area contributed by atoms with Gasteiger partial charge in [-0.3, -0.25) is 9.59 Å². The van der Waals surface area contributed by atoms with Gasteiger partial charge in [0.15, 0.2) is 5.78 Å². The number of nitrogen functional groups attached to an aromatic ring is 1. The summed E-state index contributed by atoms with van der Waals surface area (Å²) in [5.74, 6) is -1.35. The second-order valence-electron chi connectivity index (χ2n) is 4.41. The first-order valence-corrected chi connectivity index (χ1v) is 6.74. The lowest BCUT2D eigenvalue weighted by atomic mass is 9.98. The highest BCUT2D eigenvalue weighted by molar-refractivity contribution is 6.42. The number of para-hydroxylation sites is 1. The van der Waals surface area contributed by atoms with Crippen LogP contribution in [0.4, 0.5) is 5.69 Å². The normalized spacial score (nSPS) is 10.4.